The van der Waals surface area contributed by atoms with Crippen LogP contribution in [0.1, 0.15) is 33.5 Å². The van der Waals surface area contributed by atoms with E-state index in [0.29, 0.717) is 16.6 Å². The van der Waals surface area contributed by atoms with E-state index in [-0.39, 0.29) is 17.5 Å². The van der Waals surface area contributed by atoms with Gasteiger partial charge in [0.05, 0.1) is 19.8 Å². The molecule has 1 atom stereocenters. The minimum atomic E-state index is -0.580. The molecule has 2 heterocycles. The first-order valence-corrected chi connectivity index (χ1v) is 6.77. The fourth-order valence-electron chi connectivity index (χ4n) is 1.92. The number of aromatic nitrogens is 1. The van der Waals surface area contributed by atoms with E-state index in [1.54, 1.807) is 0 Å². The highest BCUT2D eigenvalue weighted by Crippen LogP contribution is 2.29. The number of likely N-dealkylation sites (N-methyl/N-ethyl adjacent to an activating group) is 1. The van der Waals surface area contributed by atoms with E-state index >= 15 is 0 Å². The predicted octanol–water partition coefficient (Wildman–Crippen LogP) is 1.36. The number of methoxy groups -OCH3 is 1. The first-order chi connectivity index (χ1) is 9.04. The Labute approximate surface area is 115 Å². The molecule has 0 radical (unpaired) electrons. The van der Waals surface area contributed by atoms with Crippen LogP contribution in [0.15, 0.2) is 0 Å². The highest BCUT2D eigenvalue weighted by molar-refractivity contribution is 7.17. The topological polar surface area (TPSA) is 68.7 Å². The molecule has 6 nitrogen and oxygen atoms in total. The zero-order valence-corrected chi connectivity index (χ0v) is 12.0. The molecule has 0 aliphatic carbocycles. The molecular weight excluding hydrogens is 268 g/mol. The summed E-state index contributed by atoms with van der Waals surface area (Å²) in [6, 6.07) is 0.233. The molecule has 1 saturated heterocycles. The van der Waals surface area contributed by atoms with Crippen molar-refractivity contribution in [2.24, 2.45) is 0 Å². The van der Waals surface area contributed by atoms with Crippen LogP contribution in [0.5, 0.6) is 0 Å². The van der Waals surface area contributed by atoms with Gasteiger partial charge in [-0.1, -0.05) is 11.3 Å². The smallest absolute Gasteiger partial charge is 0.358 e. The molecule has 1 aliphatic heterocycles. The molecule has 0 bridgehead atoms. The van der Waals surface area contributed by atoms with Gasteiger partial charge in [-0.25, -0.2) is 9.78 Å². The van der Waals surface area contributed by atoms with Gasteiger partial charge in [0.1, 0.15) is 4.88 Å². The molecule has 1 aromatic heterocycles. The lowest BCUT2D eigenvalue weighted by atomic mass is 10.2. The van der Waals surface area contributed by atoms with Gasteiger partial charge in [0.2, 0.25) is 0 Å². The number of carbonyl (C=O) groups is 2. The number of Topliss-reactive ketones (excluding diaryl/α,β-unsaturated/α-hetero) is 1. The lowest BCUT2D eigenvalue weighted by Crippen LogP contribution is -2.31. The Morgan fingerprint density at radius 3 is 2.79 bits per heavy atom. The van der Waals surface area contributed by atoms with Crippen molar-refractivity contribution in [3.63, 3.8) is 0 Å². The van der Waals surface area contributed by atoms with E-state index < -0.39 is 5.97 Å². The molecule has 0 amide bonds. The Hall–Kier alpha value is -1.47. The van der Waals surface area contributed by atoms with E-state index in [0.717, 1.165) is 13.0 Å². The number of rotatable bonds is 4. The summed E-state index contributed by atoms with van der Waals surface area (Å²) in [5.41, 5.74) is 0.0979. The van der Waals surface area contributed by atoms with E-state index in [1.165, 1.54) is 25.4 Å². The number of anilines is 1. The quantitative estimate of drug-likeness (QED) is 0.614. The molecule has 0 saturated carbocycles. The van der Waals surface area contributed by atoms with Gasteiger partial charge in [-0.2, -0.15) is 0 Å². The van der Waals surface area contributed by atoms with Gasteiger partial charge >= 0.3 is 5.97 Å². The molecule has 1 unspecified atom stereocenters. The standard InChI is InChI=1S/C12H16N2O4S/c1-7(15)10-9(11(16)17-3)13-12(19-10)14(2)8-4-5-18-6-8/h8H,4-6H2,1-3H3. The molecule has 1 aromatic rings. The summed E-state index contributed by atoms with van der Waals surface area (Å²) in [6.07, 6.45) is 0.916. The molecule has 104 valence electrons. The first kappa shape index (κ1) is 14.0. The normalized spacial score (nSPS) is 18.4. The first-order valence-electron chi connectivity index (χ1n) is 5.95. The third-order valence-corrected chi connectivity index (χ3v) is 4.32. The van der Waals surface area contributed by atoms with Crippen LogP contribution in [0.25, 0.3) is 0 Å². The summed E-state index contributed by atoms with van der Waals surface area (Å²) in [5, 5.41) is 0.640. The number of ether oxygens (including phenoxy) is 2. The summed E-state index contributed by atoms with van der Waals surface area (Å²) in [5.74, 6) is -0.760. The molecule has 0 aromatic carbocycles. The molecule has 2 rings (SSSR count). The largest absolute Gasteiger partial charge is 0.464 e. The fraction of sp³-hybridized carbons (Fsp3) is 0.583. The molecular formula is C12H16N2O4S. The lowest BCUT2D eigenvalue weighted by molar-refractivity contribution is 0.0591. The third-order valence-electron chi connectivity index (χ3n) is 3.07. The van der Waals surface area contributed by atoms with Gasteiger partial charge in [0.25, 0.3) is 0 Å². The second-order valence-electron chi connectivity index (χ2n) is 4.35. The maximum atomic E-state index is 11.6. The summed E-state index contributed by atoms with van der Waals surface area (Å²) in [7, 11) is 3.17. The van der Waals surface area contributed by atoms with Crippen LogP contribution in [-0.4, -0.2) is 50.1 Å². The van der Waals surface area contributed by atoms with Gasteiger partial charge in [0, 0.05) is 20.6 Å². The van der Waals surface area contributed by atoms with Crippen molar-refractivity contribution in [1.29, 1.82) is 0 Å². The Morgan fingerprint density at radius 2 is 2.26 bits per heavy atom. The fourth-order valence-corrected chi connectivity index (χ4v) is 2.90. The highest BCUT2D eigenvalue weighted by Gasteiger charge is 2.27. The number of ketones is 1. The van der Waals surface area contributed by atoms with Crippen molar-refractivity contribution in [2.45, 2.75) is 19.4 Å². The van der Waals surface area contributed by atoms with Crippen molar-refractivity contribution >= 4 is 28.2 Å². The summed E-state index contributed by atoms with van der Waals surface area (Å²) in [6.45, 7) is 2.78. The Kier molecular flexibility index (Phi) is 4.16. The van der Waals surface area contributed by atoms with Gasteiger partial charge < -0.3 is 14.4 Å². The molecule has 19 heavy (non-hydrogen) atoms. The summed E-state index contributed by atoms with van der Waals surface area (Å²) >= 11 is 1.22. The maximum Gasteiger partial charge on any atom is 0.358 e. The van der Waals surface area contributed by atoms with Gasteiger partial charge in [-0.05, 0) is 6.42 Å². The molecule has 1 aliphatic rings. The zero-order valence-electron chi connectivity index (χ0n) is 11.1. The van der Waals surface area contributed by atoms with Crippen molar-refractivity contribution in [3.05, 3.63) is 10.6 Å². The van der Waals surface area contributed by atoms with Crippen molar-refractivity contribution in [2.75, 3.05) is 32.3 Å². The minimum absolute atomic E-state index is 0.0979. The number of nitrogens with zero attached hydrogens (tertiary/aromatic N) is 2. The number of hydrogen-bond acceptors (Lipinski definition) is 7. The van der Waals surface area contributed by atoms with Crippen LogP contribution in [0.3, 0.4) is 0 Å². The molecule has 0 N–H and O–H groups in total. The van der Waals surface area contributed by atoms with Crippen molar-refractivity contribution in [3.8, 4) is 0 Å². The highest BCUT2D eigenvalue weighted by atomic mass is 32.1. The molecule has 7 heteroatoms. The van der Waals surface area contributed by atoms with E-state index in [1.807, 2.05) is 11.9 Å². The monoisotopic (exact) mass is 284 g/mol. The Balaban J connectivity index is 2.31. The summed E-state index contributed by atoms with van der Waals surface area (Å²) < 4.78 is 9.98. The van der Waals surface area contributed by atoms with Crippen molar-refractivity contribution < 1.29 is 19.1 Å². The van der Waals surface area contributed by atoms with E-state index in [9.17, 15) is 9.59 Å². The van der Waals surface area contributed by atoms with E-state index in [2.05, 4.69) is 9.72 Å². The number of hydrogen-bond donors (Lipinski definition) is 0. The van der Waals surface area contributed by atoms with Crippen LogP contribution in [-0.2, 0) is 9.47 Å². The second kappa shape index (κ2) is 5.66. The van der Waals surface area contributed by atoms with Crippen LogP contribution in [0.4, 0.5) is 5.13 Å². The van der Waals surface area contributed by atoms with Gasteiger partial charge in [-0.3, -0.25) is 4.79 Å². The molecule has 0 spiro atoms. The average molecular weight is 284 g/mol. The Morgan fingerprint density at radius 1 is 1.53 bits per heavy atom. The number of carbonyl (C=O) groups excluding carboxylic acids is 2. The van der Waals surface area contributed by atoms with E-state index in [4.69, 9.17) is 4.74 Å². The van der Waals surface area contributed by atoms with Gasteiger partial charge in [-0.15, -0.1) is 0 Å². The second-order valence-corrected chi connectivity index (χ2v) is 5.33. The predicted molar refractivity (Wildman–Crippen MR) is 71.1 cm³/mol. The third kappa shape index (κ3) is 2.76. The zero-order chi connectivity index (χ0) is 14.0. The van der Waals surface area contributed by atoms with Crippen LogP contribution in [0.2, 0.25) is 0 Å². The average Bonchev–Trinajstić information content (AvgIpc) is 3.05. The van der Waals surface area contributed by atoms with Crippen LogP contribution < -0.4 is 4.90 Å². The van der Waals surface area contributed by atoms with Crippen LogP contribution in [0, 0.1) is 0 Å². The number of esters is 1. The minimum Gasteiger partial charge on any atom is -0.464 e. The number of thiazole rings is 1. The van der Waals surface area contributed by atoms with Crippen molar-refractivity contribution in [1.82, 2.24) is 4.98 Å². The Bertz CT molecular complexity index is 494. The van der Waals surface area contributed by atoms with Crippen LogP contribution >= 0.6 is 11.3 Å². The summed E-state index contributed by atoms with van der Waals surface area (Å²) in [4.78, 5) is 29.7. The SMILES string of the molecule is COC(=O)c1nc(N(C)C2CCOC2)sc1C(C)=O. The lowest BCUT2D eigenvalue weighted by Gasteiger charge is -2.21. The van der Waals surface area contributed by atoms with Gasteiger partial charge in [0.15, 0.2) is 16.6 Å². The maximum absolute atomic E-state index is 11.6. The molecule has 1 fully saturated rings.